The third-order valence-corrected chi connectivity index (χ3v) is 2.60. The Morgan fingerprint density at radius 2 is 2.15 bits per heavy atom. The molecule has 0 aliphatic heterocycles. The summed E-state index contributed by atoms with van der Waals surface area (Å²) in [6, 6.07) is 1.98. The van der Waals surface area contributed by atoms with Gasteiger partial charge in [-0.1, -0.05) is 0 Å². The van der Waals surface area contributed by atoms with Crippen LogP contribution in [0.1, 0.15) is 23.1 Å². The Kier molecular flexibility index (Phi) is 2.69. The first-order chi connectivity index (χ1) is 6.07. The summed E-state index contributed by atoms with van der Waals surface area (Å²) in [6.45, 7) is 5.23. The highest BCUT2D eigenvalue weighted by Gasteiger charge is 2.13. The van der Waals surface area contributed by atoms with E-state index in [1.165, 1.54) is 18.5 Å². The van der Waals surface area contributed by atoms with Gasteiger partial charge in [0.1, 0.15) is 11.8 Å². The molecule has 0 spiro atoms. The third kappa shape index (κ3) is 1.70. The van der Waals surface area contributed by atoms with E-state index in [1.54, 1.807) is 0 Å². The van der Waals surface area contributed by atoms with E-state index in [0.29, 0.717) is 5.57 Å². The van der Waals surface area contributed by atoms with Crippen LogP contribution in [0.5, 0.6) is 0 Å². The molecule has 4 heteroatoms. The van der Waals surface area contributed by atoms with Crippen LogP contribution < -0.4 is 0 Å². The minimum Gasteiger partial charge on any atom is -0.511 e. The second-order valence-electron chi connectivity index (χ2n) is 2.77. The molecular formula is C9H10N2OS. The molecule has 0 saturated heterocycles. The van der Waals surface area contributed by atoms with E-state index in [4.69, 9.17) is 5.26 Å². The van der Waals surface area contributed by atoms with E-state index in [0.717, 1.165) is 16.1 Å². The average Bonchev–Trinajstić information content (AvgIpc) is 2.36. The fraction of sp³-hybridized carbons (Fsp3) is 0.333. The lowest BCUT2D eigenvalue weighted by molar-refractivity contribution is 0.418. The molecule has 0 bridgehead atoms. The van der Waals surface area contributed by atoms with Crippen molar-refractivity contribution in [1.29, 1.82) is 5.26 Å². The van der Waals surface area contributed by atoms with Gasteiger partial charge in [0.05, 0.1) is 11.3 Å². The number of hydrogen-bond acceptors (Lipinski definition) is 4. The van der Waals surface area contributed by atoms with Gasteiger partial charge < -0.3 is 5.11 Å². The van der Waals surface area contributed by atoms with Crippen LogP contribution in [-0.4, -0.2) is 9.48 Å². The summed E-state index contributed by atoms with van der Waals surface area (Å²) in [5, 5.41) is 18.1. The number of hydrogen-bond donors (Lipinski definition) is 1. The molecular weight excluding hydrogens is 184 g/mol. The molecule has 1 rings (SSSR count). The summed E-state index contributed by atoms with van der Waals surface area (Å²) in [4.78, 5) is 0.961. The number of nitrogens with zero attached hydrogens (tertiary/aromatic N) is 2. The summed E-state index contributed by atoms with van der Waals surface area (Å²) in [5.74, 6) is 0.0499. The minimum absolute atomic E-state index is 0.0499. The van der Waals surface area contributed by atoms with Gasteiger partial charge in [-0.05, 0) is 32.3 Å². The molecule has 0 aromatic carbocycles. The van der Waals surface area contributed by atoms with Crippen LogP contribution >= 0.6 is 11.5 Å². The maximum absolute atomic E-state index is 9.27. The Bertz CT molecular complexity index is 375. The second kappa shape index (κ2) is 3.58. The monoisotopic (exact) mass is 194 g/mol. The molecule has 0 unspecified atom stereocenters. The topological polar surface area (TPSA) is 56.9 Å². The van der Waals surface area contributed by atoms with Crippen LogP contribution in [-0.2, 0) is 0 Å². The van der Waals surface area contributed by atoms with E-state index < -0.39 is 0 Å². The molecule has 1 aromatic rings. The van der Waals surface area contributed by atoms with Crippen LogP contribution in [0.4, 0.5) is 0 Å². The first-order valence-corrected chi connectivity index (χ1v) is 4.58. The smallest absolute Gasteiger partial charge is 0.108 e. The maximum atomic E-state index is 9.27. The molecule has 3 nitrogen and oxygen atoms in total. The molecule has 1 N–H and O–H groups in total. The predicted molar refractivity (Wildman–Crippen MR) is 52.4 cm³/mol. The van der Waals surface area contributed by atoms with E-state index in [2.05, 4.69) is 4.37 Å². The molecule has 1 aromatic heterocycles. The maximum Gasteiger partial charge on any atom is 0.108 e. The molecule has 0 aliphatic rings. The van der Waals surface area contributed by atoms with Gasteiger partial charge in [0.25, 0.3) is 0 Å². The summed E-state index contributed by atoms with van der Waals surface area (Å²) < 4.78 is 4.11. The summed E-state index contributed by atoms with van der Waals surface area (Å²) >= 11 is 1.35. The largest absolute Gasteiger partial charge is 0.511 e. The van der Waals surface area contributed by atoms with Crippen molar-refractivity contribution in [1.82, 2.24) is 4.37 Å². The molecule has 0 aliphatic carbocycles. The van der Waals surface area contributed by atoms with E-state index >= 15 is 0 Å². The quantitative estimate of drug-likeness (QED) is 0.552. The number of allylic oxidation sites excluding steroid dienone is 2. The van der Waals surface area contributed by atoms with Crippen molar-refractivity contribution in [2.45, 2.75) is 20.8 Å². The van der Waals surface area contributed by atoms with Crippen LogP contribution in [0, 0.1) is 25.2 Å². The van der Waals surface area contributed by atoms with Gasteiger partial charge in [-0.2, -0.15) is 9.64 Å². The fourth-order valence-corrected chi connectivity index (χ4v) is 1.86. The SMILES string of the molecule is C/C(O)=C(/C#N)c1c(C)nsc1C. The molecule has 0 atom stereocenters. The number of aliphatic hydroxyl groups is 1. The van der Waals surface area contributed by atoms with Crippen LogP contribution in [0.15, 0.2) is 5.76 Å². The highest BCUT2D eigenvalue weighted by Crippen LogP contribution is 2.26. The molecule has 0 fully saturated rings. The minimum atomic E-state index is 0.0499. The third-order valence-electron chi connectivity index (χ3n) is 1.76. The Morgan fingerprint density at radius 1 is 1.54 bits per heavy atom. The summed E-state index contributed by atoms with van der Waals surface area (Å²) in [6.07, 6.45) is 0. The van der Waals surface area contributed by atoms with E-state index in [1.807, 2.05) is 19.9 Å². The zero-order chi connectivity index (χ0) is 10.0. The number of nitriles is 1. The van der Waals surface area contributed by atoms with Crippen LogP contribution in [0.2, 0.25) is 0 Å². The van der Waals surface area contributed by atoms with Gasteiger partial charge in [0.2, 0.25) is 0 Å². The van der Waals surface area contributed by atoms with Crippen LogP contribution in [0.3, 0.4) is 0 Å². The van der Waals surface area contributed by atoms with Gasteiger partial charge in [0, 0.05) is 10.4 Å². The van der Waals surface area contributed by atoms with Crippen molar-refractivity contribution < 1.29 is 5.11 Å². The zero-order valence-electron chi connectivity index (χ0n) is 7.75. The lowest BCUT2D eigenvalue weighted by atomic mass is 10.1. The van der Waals surface area contributed by atoms with Gasteiger partial charge in [-0.15, -0.1) is 0 Å². The van der Waals surface area contributed by atoms with Crippen molar-refractivity contribution in [2.24, 2.45) is 0 Å². The highest BCUT2D eigenvalue weighted by atomic mass is 32.1. The van der Waals surface area contributed by atoms with Crippen molar-refractivity contribution >= 4 is 17.1 Å². The van der Waals surface area contributed by atoms with Crippen molar-refractivity contribution in [3.05, 3.63) is 21.9 Å². The summed E-state index contributed by atoms with van der Waals surface area (Å²) in [7, 11) is 0. The lowest BCUT2D eigenvalue weighted by Crippen LogP contribution is -1.89. The molecule has 0 amide bonds. The number of aromatic nitrogens is 1. The zero-order valence-corrected chi connectivity index (χ0v) is 8.57. The number of aryl methyl sites for hydroxylation is 2. The Hall–Kier alpha value is -1.34. The molecule has 68 valence electrons. The van der Waals surface area contributed by atoms with Crippen LogP contribution in [0.25, 0.3) is 5.57 Å². The van der Waals surface area contributed by atoms with Gasteiger partial charge in [-0.25, -0.2) is 0 Å². The van der Waals surface area contributed by atoms with E-state index in [9.17, 15) is 5.11 Å². The lowest BCUT2D eigenvalue weighted by Gasteiger charge is -1.99. The molecule has 1 heterocycles. The van der Waals surface area contributed by atoms with Gasteiger partial charge >= 0.3 is 0 Å². The predicted octanol–water partition coefficient (Wildman–Crippen LogP) is 2.57. The molecule has 0 saturated carbocycles. The fourth-order valence-electron chi connectivity index (χ4n) is 1.16. The van der Waals surface area contributed by atoms with Gasteiger partial charge in [0.15, 0.2) is 0 Å². The standard InChI is InChI=1S/C9H10N2OS/c1-5-9(7(3)13-11-5)8(4-10)6(2)12/h12H,1-3H3/b8-6+. The average molecular weight is 194 g/mol. The highest BCUT2D eigenvalue weighted by molar-refractivity contribution is 7.06. The van der Waals surface area contributed by atoms with E-state index in [-0.39, 0.29) is 5.76 Å². The number of aliphatic hydroxyl groups excluding tert-OH is 1. The Balaban J connectivity index is 3.38. The van der Waals surface area contributed by atoms with Crippen molar-refractivity contribution in [3.63, 3.8) is 0 Å². The number of rotatable bonds is 1. The second-order valence-corrected chi connectivity index (χ2v) is 3.75. The molecule has 0 radical (unpaired) electrons. The first-order valence-electron chi connectivity index (χ1n) is 3.81. The Morgan fingerprint density at radius 3 is 2.46 bits per heavy atom. The van der Waals surface area contributed by atoms with Gasteiger partial charge in [-0.3, -0.25) is 0 Å². The van der Waals surface area contributed by atoms with Crippen molar-refractivity contribution in [3.8, 4) is 6.07 Å². The first kappa shape index (κ1) is 9.75. The Labute approximate surface area is 81.1 Å². The van der Waals surface area contributed by atoms with Crippen molar-refractivity contribution in [2.75, 3.05) is 0 Å². The summed E-state index contributed by atoms with van der Waals surface area (Å²) in [5.41, 5.74) is 1.89. The molecule has 13 heavy (non-hydrogen) atoms. The normalized spacial score (nSPS) is 12.2.